The van der Waals surface area contributed by atoms with Crippen molar-refractivity contribution in [3.63, 3.8) is 0 Å². The molecule has 38 heavy (non-hydrogen) atoms. The molecule has 0 aliphatic carbocycles. The maximum atomic E-state index is 12.5. The van der Waals surface area contributed by atoms with Gasteiger partial charge in [0, 0.05) is 41.7 Å². The Morgan fingerprint density at radius 1 is 1.18 bits per heavy atom. The Kier molecular flexibility index (Phi) is 7.89. The van der Waals surface area contributed by atoms with E-state index in [4.69, 9.17) is 28.5 Å². The number of nitrogens with zero attached hydrogens (tertiary/aromatic N) is 3. The number of fused-ring (bicyclic) bond motifs is 1. The molecule has 4 rings (SSSR count). The van der Waals surface area contributed by atoms with Crippen LogP contribution in [-0.4, -0.2) is 62.4 Å². The van der Waals surface area contributed by atoms with Crippen LogP contribution < -0.4 is 24.4 Å². The minimum atomic E-state index is -0.587. The normalized spacial score (nSPS) is 15.6. The van der Waals surface area contributed by atoms with Crippen molar-refractivity contribution in [2.45, 2.75) is 25.9 Å². The molecule has 2 aromatic carbocycles. The second kappa shape index (κ2) is 11.5. The molecule has 2 aliphatic rings. The van der Waals surface area contributed by atoms with E-state index >= 15 is 0 Å². The number of rotatable bonds is 10. The first-order chi connectivity index (χ1) is 18.4. The van der Waals surface area contributed by atoms with Crippen molar-refractivity contribution in [2.24, 2.45) is 10.3 Å². The first-order valence-corrected chi connectivity index (χ1v) is 11.4. The lowest BCUT2D eigenvalue weighted by atomic mass is 9.96. The van der Waals surface area contributed by atoms with Crippen molar-refractivity contribution in [3.05, 3.63) is 51.1 Å². The zero-order valence-corrected chi connectivity index (χ0v) is 20.7. The van der Waals surface area contributed by atoms with Gasteiger partial charge < -0.3 is 28.5 Å². The number of esters is 1. The Bertz CT molecular complexity index is 1310. The Morgan fingerprint density at radius 2 is 1.87 bits per heavy atom. The SMILES string of the molecule is CCOC(=O)C1=NO[C@@H](Cc2c(/C=N/NC(=O)c3ccc([N+](=O)[O-])cc3)c(OC)c3c(c2OC)OCO3)C1. The third-order valence-corrected chi connectivity index (χ3v) is 5.65. The highest BCUT2D eigenvalue weighted by molar-refractivity contribution is 6.36. The predicted molar refractivity (Wildman–Crippen MR) is 131 cm³/mol. The number of methoxy groups -OCH3 is 2. The summed E-state index contributed by atoms with van der Waals surface area (Å²) in [6.07, 6.45) is 1.23. The molecule has 1 atom stereocenters. The van der Waals surface area contributed by atoms with E-state index in [1.165, 1.54) is 44.7 Å². The Morgan fingerprint density at radius 3 is 2.50 bits per heavy atom. The molecule has 0 saturated carbocycles. The van der Waals surface area contributed by atoms with E-state index in [1.807, 2.05) is 0 Å². The topological polar surface area (TPSA) is 169 Å². The quantitative estimate of drug-likeness (QED) is 0.209. The second-order valence-electron chi connectivity index (χ2n) is 7.92. The van der Waals surface area contributed by atoms with Crippen molar-refractivity contribution in [2.75, 3.05) is 27.6 Å². The van der Waals surface area contributed by atoms with Gasteiger partial charge in [-0.3, -0.25) is 14.9 Å². The van der Waals surface area contributed by atoms with Gasteiger partial charge in [-0.05, 0) is 19.1 Å². The largest absolute Gasteiger partial charge is 0.492 e. The zero-order chi connectivity index (χ0) is 27.2. The second-order valence-corrected chi connectivity index (χ2v) is 7.92. The minimum absolute atomic E-state index is 0.0605. The molecule has 2 heterocycles. The number of hydrogen-bond acceptors (Lipinski definition) is 12. The van der Waals surface area contributed by atoms with Crippen molar-refractivity contribution >= 4 is 29.5 Å². The number of ether oxygens (including phenoxy) is 5. The van der Waals surface area contributed by atoms with Gasteiger partial charge in [-0.2, -0.15) is 5.10 Å². The molecule has 2 aliphatic heterocycles. The van der Waals surface area contributed by atoms with Crippen LogP contribution in [0.25, 0.3) is 0 Å². The average Bonchev–Trinajstić information content (AvgIpc) is 3.59. The molecule has 0 saturated heterocycles. The molecule has 14 heteroatoms. The Balaban J connectivity index is 1.62. The number of hydrogen-bond donors (Lipinski definition) is 1. The van der Waals surface area contributed by atoms with Gasteiger partial charge in [-0.15, -0.1) is 0 Å². The summed E-state index contributed by atoms with van der Waals surface area (Å²) in [4.78, 5) is 40.3. The first kappa shape index (κ1) is 26.2. The molecule has 1 amide bonds. The number of benzene rings is 2. The number of oxime groups is 1. The third-order valence-electron chi connectivity index (χ3n) is 5.65. The maximum Gasteiger partial charge on any atom is 0.356 e. The molecule has 0 spiro atoms. The number of hydrazone groups is 1. The fourth-order valence-electron chi connectivity index (χ4n) is 3.95. The maximum absolute atomic E-state index is 12.5. The van der Waals surface area contributed by atoms with Crippen molar-refractivity contribution in [1.29, 1.82) is 0 Å². The van der Waals surface area contributed by atoms with E-state index < -0.39 is 22.9 Å². The van der Waals surface area contributed by atoms with E-state index in [0.29, 0.717) is 28.4 Å². The summed E-state index contributed by atoms with van der Waals surface area (Å²) in [5.41, 5.74) is 3.53. The molecular weight excluding hydrogens is 504 g/mol. The number of carbonyl (C=O) groups is 2. The van der Waals surface area contributed by atoms with Gasteiger partial charge in [0.25, 0.3) is 11.6 Å². The number of amides is 1. The van der Waals surface area contributed by atoms with Crippen molar-refractivity contribution in [3.8, 4) is 23.0 Å². The van der Waals surface area contributed by atoms with E-state index in [1.54, 1.807) is 6.92 Å². The van der Waals surface area contributed by atoms with E-state index in [9.17, 15) is 19.7 Å². The third kappa shape index (κ3) is 5.28. The van der Waals surface area contributed by atoms with Gasteiger partial charge in [0.15, 0.2) is 17.2 Å². The molecule has 0 aromatic heterocycles. The van der Waals surface area contributed by atoms with E-state index in [0.717, 1.165) is 0 Å². The molecule has 0 fully saturated rings. The lowest BCUT2D eigenvalue weighted by molar-refractivity contribution is -0.384. The molecule has 2 aromatic rings. The summed E-state index contributed by atoms with van der Waals surface area (Å²) in [7, 11) is 2.90. The van der Waals surface area contributed by atoms with Gasteiger partial charge in [0.2, 0.25) is 18.3 Å². The standard InChI is InChI=1S/C24H24N4O10/c1-4-35-24(30)18-10-15(38-27-18)9-16-17(20(34-3)22-21(19(16)33-2)36-12-37-22)11-25-26-23(29)13-5-7-14(8-6-13)28(31)32/h5-8,11,15H,4,9-10,12H2,1-3H3,(H,26,29)/b25-11+/t15-/m0/s1. The number of nitro benzene ring substituents is 1. The Hall–Kier alpha value is -4.88. The van der Waals surface area contributed by atoms with Crippen LogP contribution in [0, 0.1) is 10.1 Å². The van der Waals surface area contributed by atoms with E-state index in [2.05, 4.69) is 15.7 Å². The summed E-state index contributed by atoms with van der Waals surface area (Å²) in [6, 6.07) is 5.07. The molecule has 1 N–H and O–H groups in total. The molecule has 0 bridgehead atoms. The van der Waals surface area contributed by atoms with Crippen LogP contribution in [0.4, 0.5) is 5.69 Å². The summed E-state index contributed by atoms with van der Waals surface area (Å²) in [5, 5.41) is 18.7. The summed E-state index contributed by atoms with van der Waals surface area (Å²) < 4.78 is 27.4. The van der Waals surface area contributed by atoms with Crippen LogP contribution in [0.2, 0.25) is 0 Å². The lowest BCUT2D eigenvalue weighted by Crippen LogP contribution is -2.20. The smallest absolute Gasteiger partial charge is 0.356 e. The van der Waals surface area contributed by atoms with Crippen LogP contribution in [0.15, 0.2) is 34.5 Å². The van der Waals surface area contributed by atoms with Crippen LogP contribution >= 0.6 is 0 Å². The summed E-state index contributed by atoms with van der Waals surface area (Å²) in [6.45, 7) is 1.85. The molecule has 200 valence electrons. The van der Waals surface area contributed by atoms with Crippen LogP contribution in [0.3, 0.4) is 0 Å². The fraction of sp³-hybridized carbons (Fsp3) is 0.333. The molecule has 0 radical (unpaired) electrons. The monoisotopic (exact) mass is 528 g/mol. The van der Waals surface area contributed by atoms with Gasteiger partial charge in [-0.1, -0.05) is 5.16 Å². The predicted octanol–water partition coefficient (Wildman–Crippen LogP) is 2.36. The van der Waals surface area contributed by atoms with Crippen LogP contribution in [0.1, 0.15) is 34.8 Å². The number of carbonyl (C=O) groups excluding carboxylic acids is 2. The van der Waals surface area contributed by atoms with Crippen LogP contribution in [0.5, 0.6) is 23.0 Å². The molecule has 0 unspecified atom stereocenters. The highest BCUT2D eigenvalue weighted by Gasteiger charge is 2.34. The van der Waals surface area contributed by atoms with Gasteiger partial charge >= 0.3 is 5.97 Å². The Labute approximate surface area is 216 Å². The van der Waals surface area contributed by atoms with Gasteiger partial charge in [-0.25, -0.2) is 10.2 Å². The summed E-state index contributed by atoms with van der Waals surface area (Å²) >= 11 is 0. The fourth-order valence-corrected chi connectivity index (χ4v) is 3.95. The van der Waals surface area contributed by atoms with Gasteiger partial charge in [0.05, 0.1) is 32.0 Å². The molecule has 14 nitrogen and oxygen atoms in total. The van der Waals surface area contributed by atoms with E-state index in [-0.39, 0.29) is 49.0 Å². The van der Waals surface area contributed by atoms with Crippen molar-refractivity contribution in [1.82, 2.24) is 5.43 Å². The minimum Gasteiger partial charge on any atom is -0.492 e. The highest BCUT2D eigenvalue weighted by atomic mass is 16.7. The zero-order valence-electron chi connectivity index (χ0n) is 20.7. The number of nitro groups is 1. The van der Waals surface area contributed by atoms with Gasteiger partial charge in [0.1, 0.15) is 6.10 Å². The number of non-ortho nitro benzene ring substituents is 1. The highest BCUT2D eigenvalue weighted by Crippen LogP contribution is 2.52. The first-order valence-electron chi connectivity index (χ1n) is 11.4. The summed E-state index contributed by atoms with van der Waals surface area (Å²) in [5.74, 6) is 0.112. The van der Waals surface area contributed by atoms with Crippen molar-refractivity contribution < 1.29 is 43.0 Å². The van der Waals surface area contributed by atoms with Crippen LogP contribution in [-0.2, 0) is 20.8 Å². The average molecular weight is 528 g/mol. The lowest BCUT2D eigenvalue weighted by Gasteiger charge is -2.19. The molecular formula is C24H24N4O10. The number of nitrogens with one attached hydrogen (secondary N) is 1.